The van der Waals surface area contributed by atoms with Crippen molar-refractivity contribution in [3.8, 4) is 5.75 Å². The van der Waals surface area contributed by atoms with Crippen molar-refractivity contribution >= 4 is 11.8 Å². The van der Waals surface area contributed by atoms with Gasteiger partial charge in [-0.25, -0.2) is 0 Å². The van der Waals surface area contributed by atoms with Crippen LogP contribution in [0.15, 0.2) is 72.8 Å². The monoisotopic (exact) mass is 486 g/mol. The first-order valence-corrected chi connectivity index (χ1v) is 12.6. The number of carbonyl (C=O) groups excluding carboxylic acids is 2. The Morgan fingerprint density at radius 1 is 0.944 bits per heavy atom. The Morgan fingerprint density at radius 2 is 1.67 bits per heavy atom. The van der Waals surface area contributed by atoms with E-state index >= 15 is 0 Å². The lowest BCUT2D eigenvalue weighted by Crippen LogP contribution is -2.52. The molecule has 0 saturated carbocycles. The van der Waals surface area contributed by atoms with Gasteiger partial charge >= 0.3 is 0 Å². The molecule has 3 aromatic rings. The fraction of sp³-hybridized carbons (Fsp3) is 0.355. The van der Waals surface area contributed by atoms with Crippen molar-refractivity contribution in [2.75, 3.05) is 7.11 Å². The van der Waals surface area contributed by atoms with Crippen LogP contribution in [-0.2, 0) is 29.0 Å². The van der Waals surface area contributed by atoms with Crippen LogP contribution in [0.25, 0.3) is 0 Å². The van der Waals surface area contributed by atoms with Gasteiger partial charge in [0.15, 0.2) is 0 Å². The maximum atomic E-state index is 13.9. The fourth-order valence-corrected chi connectivity index (χ4v) is 4.22. The largest absolute Gasteiger partial charge is 0.497 e. The second kappa shape index (κ2) is 12.9. The lowest BCUT2D eigenvalue weighted by Gasteiger charge is -2.32. The molecule has 0 bridgehead atoms. The quantitative estimate of drug-likeness (QED) is 0.394. The number of nitrogens with one attached hydrogen (secondary N) is 1. The van der Waals surface area contributed by atoms with Crippen LogP contribution in [0.2, 0.25) is 0 Å². The lowest BCUT2D eigenvalue weighted by molar-refractivity contribution is -0.141. The van der Waals surface area contributed by atoms with E-state index in [0.29, 0.717) is 13.0 Å². The van der Waals surface area contributed by atoms with Crippen LogP contribution >= 0.6 is 0 Å². The van der Waals surface area contributed by atoms with Crippen LogP contribution in [0.1, 0.15) is 48.1 Å². The molecular formula is C31H38N2O3. The van der Waals surface area contributed by atoms with Crippen molar-refractivity contribution in [2.24, 2.45) is 0 Å². The normalized spacial score (nSPS) is 12.5. The van der Waals surface area contributed by atoms with Crippen molar-refractivity contribution in [3.63, 3.8) is 0 Å². The molecule has 0 heterocycles. The molecule has 0 aliphatic heterocycles. The van der Waals surface area contributed by atoms with Gasteiger partial charge in [-0.1, -0.05) is 73.2 Å². The minimum absolute atomic E-state index is 0.0172. The summed E-state index contributed by atoms with van der Waals surface area (Å²) in [5.41, 5.74) is 5.09. The molecule has 5 heteroatoms. The van der Waals surface area contributed by atoms with Crippen molar-refractivity contribution < 1.29 is 14.3 Å². The Hall–Kier alpha value is -3.60. The van der Waals surface area contributed by atoms with Crippen molar-refractivity contribution in [1.82, 2.24) is 10.2 Å². The van der Waals surface area contributed by atoms with Gasteiger partial charge in [0.2, 0.25) is 11.8 Å². The van der Waals surface area contributed by atoms with E-state index in [1.807, 2.05) is 88.4 Å². The SMILES string of the molecule is CC[C@@H](C)NC(=O)[C@H](Cc1ccccc1)N(Cc1cccc(OC)c1)C(=O)Cc1cc(C)ccc1C. The van der Waals surface area contributed by atoms with E-state index in [2.05, 4.69) is 17.4 Å². The number of hydrogen-bond donors (Lipinski definition) is 1. The maximum absolute atomic E-state index is 13.9. The van der Waals surface area contributed by atoms with Gasteiger partial charge in [-0.2, -0.15) is 0 Å². The summed E-state index contributed by atoms with van der Waals surface area (Å²) in [7, 11) is 1.63. The van der Waals surface area contributed by atoms with Gasteiger partial charge in [-0.05, 0) is 61.6 Å². The van der Waals surface area contributed by atoms with Gasteiger partial charge in [0.05, 0.1) is 13.5 Å². The van der Waals surface area contributed by atoms with Crippen molar-refractivity contribution in [2.45, 2.75) is 65.6 Å². The average molecular weight is 487 g/mol. The molecule has 2 amide bonds. The zero-order valence-electron chi connectivity index (χ0n) is 22.1. The highest BCUT2D eigenvalue weighted by Crippen LogP contribution is 2.21. The number of ether oxygens (including phenoxy) is 1. The summed E-state index contributed by atoms with van der Waals surface area (Å²) < 4.78 is 5.41. The molecule has 0 aliphatic carbocycles. The van der Waals surface area contributed by atoms with Crippen LogP contribution in [0, 0.1) is 13.8 Å². The minimum Gasteiger partial charge on any atom is -0.497 e. The summed E-state index contributed by atoms with van der Waals surface area (Å²) in [6.07, 6.45) is 1.49. The zero-order chi connectivity index (χ0) is 26.1. The third kappa shape index (κ3) is 7.45. The second-order valence-electron chi connectivity index (χ2n) is 9.50. The summed E-state index contributed by atoms with van der Waals surface area (Å²) in [4.78, 5) is 29.3. The first-order valence-electron chi connectivity index (χ1n) is 12.6. The fourth-order valence-electron chi connectivity index (χ4n) is 4.22. The predicted molar refractivity (Wildman–Crippen MR) is 145 cm³/mol. The van der Waals surface area contributed by atoms with Gasteiger partial charge in [-0.3, -0.25) is 9.59 Å². The number of carbonyl (C=O) groups is 2. The zero-order valence-corrected chi connectivity index (χ0v) is 22.1. The molecule has 5 nitrogen and oxygen atoms in total. The standard InChI is InChI=1S/C31H38N2O3/c1-6-24(4)32-31(35)29(19-25-11-8-7-9-12-25)33(21-26-13-10-14-28(18-26)36-5)30(34)20-27-17-22(2)15-16-23(27)3/h7-18,24,29H,6,19-21H2,1-5H3,(H,32,35)/t24-,29+/m1/s1. The van der Waals surface area contributed by atoms with Crippen LogP contribution < -0.4 is 10.1 Å². The van der Waals surface area contributed by atoms with E-state index < -0.39 is 6.04 Å². The maximum Gasteiger partial charge on any atom is 0.243 e. The minimum atomic E-state index is -0.648. The van der Waals surface area contributed by atoms with E-state index in [0.717, 1.165) is 40.0 Å². The number of aryl methyl sites for hydroxylation is 2. The van der Waals surface area contributed by atoms with E-state index in [9.17, 15) is 9.59 Å². The third-order valence-electron chi connectivity index (χ3n) is 6.61. The Bertz CT molecular complexity index is 1160. The molecule has 0 saturated heterocycles. The van der Waals surface area contributed by atoms with Gasteiger partial charge in [0.25, 0.3) is 0 Å². The third-order valence-corrected chi connectivity index (χ3v) is 6.61. The van der Waals surface area contributed by atoms with E-state index in [1.165, 1.54) is 0 Å². The van der Waals surface area contributed by atoms with Gasteiger partial charge in [0, 0.05) is 19.0 Å². The van der Waals surface area contributed by atoms with E-state index in [4.69, 9.17) is 4.74 Å². The van der Waals surface area contributed by atoms with Gasteiger partial charge < -0.3 is 15.0 Å². The van der Waals surface area contributed by atoms with E-state index in [1.54, 1.807) is 12.0 Å². The summed E-state index contributed by atoms with van der Waals surface area (Å²) in [5, 5.41) is 3.12. The average Bonchev–Trinajstić information content (AvgIpc) is 2.88. The number of methoxy groups -OCH3 is 1. The molecule has 3 rings (SSSR count). The molecule has 3 aromatic carbocycles. The smallest absolute Gasteiger partial charge is 0.243 e. The molecule has 0 unspecified atom stereocenters. The van der Waals surface area contributed by atoms with Crippen LogP contribution in [-0.4, -0.2) is 35.9 Å². The molecule has 190 valence electrons. The van der Waals surface area contributed by atoms with E-state index in [-0.39, 0.29) is 24.3 Å². The van der Waals surface area contributed by atoms with Crippen LogP contribution in [0.5, 0.6) is 5.75 Å². The first-order chi connectivity index (χ1) is 17.3. The molecule has 0 fully saturated rings. The molecule has 0 radical (unpaired) electrons. The predicted octanol–water partition coefficient (Wildman–Crippen LogP) is 5.41. The van der Waals surface area contributed by atoms with Gasteiger partial charge in [-0.15, -0.1) is 0 Å². The number of rotatable bonds is 11. The van der Waals surface area contributed by atoms with Crippen molar-refractivity contribution in [1.29, 1.82) is 0 Å². The Kier molecular flexibility index (Phi) is 9.69. The summed E-state index contributed by atoms with van der Waals surface area (Å²) in [6.45, 7) is 8.38. The summed E-state index contributed by atoms with van der Waals surface area (Å²) in [5.74, 6) is 0.509. The number of amides is 2. The highest BCUT2D eigenvalue weighted by molar-refractivity contribution is 5.89. The first kappa shape index (κ1) is 27.0. The Labute approximate surface area is 215 Å². The molecule has 0 aliphatic rings. The number of hydrogen-bond acceptors (Lipinski definition) is 3. The summed E-state index contributed by atoms with van der Waals surface area (Å²) >= 11 is 0. The highest BCUT2D eigenvalue weighted by Gasteiger charge is 2.31. The molecule has 2 atom stereocenters. The lowest BCUT2D eigenvalue weighted by atomic mass is 9.99. The number of benzene rings is 3. The molecule has 1 N–H and O–H groups in total. The molecule has 0 aromatic heterocycles. The van der Waals surface area contributed by atoms with Gasteiger partial charge in [0.1, 0.15) is 11.8 Å². The number of nitrogens with zero attached hydrogens (tertiary/aromatic N) is 1. The van der Waals surface area contributed by atoms with Crippen LogP contribution in [0.4, 0.5) is 0 Å². The molecular weight excluding hydrogens is 448 g/mol. The molecule has 36 heavy (non-hydrogen) atoms. The second-order valence-corrected chi connectivity index (χ2v) is 9.50. The topological polar surface area (TPSA) is 58.6 Å². The molecule has 0 spiro atoms. The van der Waals surface area contributed by atoms with Crippen LogP contribution in [0.3, 0.4) is 0 Å². The highest BCUT2D eigenvalue weighted by atomic mass is 16.5. The summed E-state index contributed by atoms with van der Waals surface area (Å²) in [6, 6.07) is 23.1. The Morgan fingerprint density at radius 3 is 2.36 bits per heavy atom. The van der Waals surface area contributed by atoms with Crippen molar-refractivity contribution in [3.05, 3.63) is 101 Å². The Balaban J connectivity index is 2.01.